The molecule has 1 unspecified atom stereocenters. The van der Waals surface area contributed by atoms with Gasteiger partial charge in [-0.25, -0.2) is 4.79 Å². The molecule has 5 nitrogen and oxygen atoms in total. The Hall–Kier alpha value is -0.810. The first kappa shape index (κ1) is 14.2. The molecule has 0 aliphatic rings. The molecule has 1 atom stereocenters. The lowest BCUT2D eigenvalue weighted by Crippen LogP contribution is -2.30. The maximum atomic E-state index is 11.1. The van der Waals surface area contributed by atoms with E-state index < -0.39 is 0 Å². The molecule has 0 saturated carbocycles. The quantitative estimate of drug-likeness (QED) is 0.630. The fraction of sp³-hybridized carbons (Fsp3) is 0.900. The molecule has 0 aromatic heterocycles. The van der Waals surface area contributed by atoms with Crippen LogP contribution in [0.15, 0.2) is 0 Å². The van der Waals surface area contributed by atoms with Crippen LogP contribution in [0.3, 0.4) is 0 Å². The van der Waals surface area contributed by atoms with Gasteiger partial charge in [0.2, 0.25) is 0 Å². The number of nitrogens with one attached hydrogen (secondary N) is 1. The van der Waals surface area contributed by atoms with Gasteiger partial charge in [0.25, 0.3) is 0 Å². The maximum absolute atomic E-state index is 11.1. The molecule has 0 spiro atoms. The van der Waals surface area contributed by atoms with Gasteiger partial charge in [-0.15, -0.1) is 0 Å². The summed E-state index contributed by atoms with van der Waals surface area (Å²) in [5.41, 5.74) is 0. The molecule has 1 N–H and O–H groups in total. The van der Waals surface area contributed by atoms with Gasteiger partial charge in [0.05, 0.1) is 19.8 Å². The van der Waals surface area contributed by atoms with Crippen LogP contribution in [0.4, 0.5) is 4.79 Å². The second-order valence-electron chi connectivity index (χ2n) is 3.16. The second-order valence-corrected chi connectivity index (χ2v) is 3.16. The third-order valence-electron chi connectivity index (χ3n) is 1.83. The molecule has 0 aromatic rings. The molecular weight excluding hydrogens is 198 g/mol. The second kappa shape index (κ2) is 9.73. The molecule has 0 heterocycles. The first-order valence-electron chi connectivity index (χ1n) is 5.21. The van der Waals surface area contributed by atoms with Gasteiger partial charge >= 0.3 is 6.09 Å². The average molecular weight is 221 g/mol. The summed E-state index contributed by atoms with van der Waals surface area (Å²) in [5, 5.41) is 2.60. The fourth-order valence-corrected chi connectivity index (χ4v) is 0.777. The van der Waals surface area contributed by atoms with Crippen LogP contribution in [0.25, 0.3) is 0 Å². The molecular formula is C10H23NO4. The van der Waals surface area contributed by atoms with Crippen LogP contribution in [0, 0.1) is 0 Å². The Morgan fingerprint density at radius 2 is 2.13 bits per heavy atom. The highest BCUT2D eigenvalue weighted by Crippen LogP contribution is 1.95. The van der Waals surface area contributed by atoms with Crippen LogP contribution in [0.2, 0.25) is 0 Å². The minimum Gasteiger partial charge on any atom is -0.447 e. The number of rotatable bonds is 8. The molecule has 15 heavy (non-hydrogen) atoms. The summed E-state index contributed by atoms with van der Waals surface area (Å²) in [5.74, 6) is 0. The first-order chi connectivity index (χ1) is 7.20. The number of carbonyl (C=O) groups is 1. The number of alkyl carbamates (subject to hydrolysis) is 1. The smallest absolute Gasteiger partial charge is 0.407 e. The lowest BCUT2D eigenvalue weighted by molar-refractivity contribution is 0.0679. The van der Waals surface area contributed by atoms with E-state index >= 15 is 0 Å². The first-order valence-corrected chi connectivity index (χ1v) is 5.21. The minimum absolute atomic E-state index is 0. The number of hydrogen-bond donors (Lipinski definition) is 1. The molecule has 0 rings (SSSR count). The lowest BCUT2D eigenvalue weighted by atomic mass is 10.3. The van der Waals surface area contributed by atoms with Crippen LogP contribution in [0.1, 0.15) is 21.7 Å². The summed E-state index contributed by atoms with van der Waals surface area (Å²) in [7, 11) is 1.62. The van der Waals surface area contributed by atoms with Crippen molar-refractivity contribution in [1.29, 1.82) is 0 Å². The van der Waals surface area contributed by atoms with E-state index in [2.05, 4.69) is 5.32 Å². The molecule has 0 aromatic carbocycles. The van der Waals surface area contributed by atoms with Crippen LogP contribution >= 0.6 is 0 Å². The summed E-state index contributed by atoms with van der Waals surface area (Å²) in [6.07, 6.45) is 0.386. The summed E-state index contributed by atoms with van der Waals surface area (Å²) in [6.45, 7) is 5.86. The Labute approximate surface area is 92.6 Å². The molecule has 0 radical (unpaired) electrons. The lowest BCUT2D eigenvalue weighted by Gasteiger charge is -2.11. The van der Waals surface area contributed by atoms with Gasteiger partial charge < -0.3 is 19.5 Å². The Morgan fingerprint density at radius 3 is 2.73 bits per heavy atom. The van der Waals surface area contributed by atoms with E-state index in [1.54, 1.807) is 7.11 Å². The molecule has 0 bridgehead atoms. The van der Waals surface area contributed by atoms with Crippen molar-refractivity contribution in [3.05, 3.63) is 0 Å². The topological polar surface area (TPSA) is 56.8 Å². The van der Waals surface area contributed by atoms with E-state index in [9.17, 15) is 4.79 Å². The number of hydrogen-bond acceptors (Lipinski definition) is 4. The van der Waals surface area contributed by atoms with Gasteiger partial charge in [-0.05, 0) is 13.3 Å². The normalized spacial score (nSPS) is 12.2. The predicted molar refractivity (Wildman–Crippen MR) is 59.0 cm³/mol. The molecule has 1 amide bonds. The standard InChI is InChI=1S/C10H21NO4.H2/c1-4-9(2)15-10(12)11-5-6-14-8-7-13-3;/h9H,4-8H2,1-3H3,(H,11,12);1H. The van der Waals surface area contributed by atoms with Crippen LogP contribution in [-0.4, -0.2) is 45.7 Å². The molecule has 0 aliphatic heterocycles. The van der Waals surface area contributed by atoms with E-state index in [0.717, 1.165) is 6.42 Å². The average Bonchev–Trinajstić information content (AvgIpc) is 2.23. The van der Waals surface area contributed by atoms with Gasteiger partial charge in [0.15, 0.2) is 0 Å². The molecule has 0 aliphatic carbocycles. The number of amides is 1. The van der Waals surface area contributed by atoms with Crippen molar-refractivity contribution in [3.8, 4) is 0 Å². The fourth-order valence-electron chi connectivity index (χ4n) is 0.777. The Morgan fingerprint density at radius 1 is 1.40 bits per heavy atom. The van der Waals surface area contributed by atoms with Crippen molar-refractivity contribution < 1.29 is 20.4 Å². The monoisotopic (exact) mass is 221 g/mol. The van der Waals surface area contributed by atoms with E-state index in [-0.39, 0.29) is 13.6 Å². The van der Waals surface area contributed by atoms with E-state index in [4.69, 9.17) is 14.2 Å². The van der Waals surface area contributed by atoms with Gasteiger partial charge in [-0.3, -0.25) is 0 Å². The summed E-state index contributed by atoms with van der Waals surface area (Å²) in [4.78, 5) is 11.1. The van der Waals surface area contributed by atoms with Crippen LogP contribution in [-0.2, 0) is 14.2 Å². The summed E-state index contributed by atoms with van der Waals surface area (Å²) in [6, 6.07) is 0. The van der Waals surface area contributed by atoms with Crippen molar-refractivity contribution in [1.82, 2.24) is 5.32 Å². The highest BCUT2D eigenvalue weighted by molar-refractivity contribution is 5.67. The van der Waals surface area contributed by atoms with Gasteiger partial charge in [0, 0.05) is 15.1 Å². The number of ether oxygens (including phenoxy) is 3. The SMILES string of the molecule is CCC(C)OC(=O)NCCOCCOC.[HH]. The van der Waals surface area contributed by atoms with E-state index in [0.29, 0.717) is 26.4 Å². The van der Waals surface area contributed by atoms with Crippen molar-refractivity contribution in [2.75, 3.05) is 33.5 Å². The zero-order valence-corrected chi connectivity index (χ0v) is 9.75. The predicted octanol–water partition coefficient (Wildman–Crippen LogP) is 1.42. The highest BCUT2D eigenvalue weighted by Gasteiger charge is 2.05. The van der Waals surface area contributed by atoms with E-state index in [1.807, 2.05) is 13.8 Å². The molecule has 0 saturated heterocycles. The van der Waals surface area contributed by atoms with Crippen LogP contribution < -0.4 is 5.32 Å². The Balaban J connectivity index is 0. The third kappa shape index (κ3) is 9.49. The van der Waals surface area contributed by atoms with Crippen LogP contribution in [0.5, 0.6) is 0 Å². The summed E-state index contributed by atoms with van der Waals surface area (Å²) >= 11 is 0. The maximum Gasteiger partial charge on any atom is 0.407 e. The highest BCUT2D eigenvalue weighted by atomic mass is 16.6. The molecule has 5 heteroatoms. The number of carbonyl (C=O) groups excluding carboxylic acids is 1. The van der Waals surface area contributed by atoms with Crippen molar-refractivity contribution in [2.24, 2.45) is 0 Å². The largest absolute Gasteiger partial charge is 0.447 e. The summed E-state index contributed by atoms with van der Waals surface area (Å²) < 4.78 is 15.0. The molecule has 0 fully saturated rings. The van der Waals surface area contributed by atoms with Gasteiger partial charge in [0.1, 0.15) is 6.10 Å². The van der Waals surface area contributed by atoms with Crippen molar-refractivity contribution in [3.63, 3.8) is 0 Å². The Bertz CT molecular complexity index is 169. The Kier molecular flexibility index (Phi) is 9.21. The van der Waals surface area contributed by atoms with Gasteiger partial charge in [-0.2, -0.15) is 0 Å². The third-order valence-corrected chi connectivity index (χ3v) is 1.83. The van der Waals surface area contributed by atoms with E-state index in [1.165, 1.54) is 0 Å². The van der Waals surface area contributed by atoms with Crippen molar-refractivity contribution >= 4 is 6.09 Å². The molecule has 92 valence electrons. The zero-order valence-electron chi connectivity index (χ0n) is 9.75. The minimum atomic E-state index is -0.389. The number of methoxy groups -OCH3 is 1. The van der Waals surface area contributed by atoms with Crippen molar-refractivity contribution in [2.45, 2.75) is 26.4 Å². The van der Waals surface area contributed by atoms with Gasteiger partial charge in [-0.1, -0.05) is 6.92 Å². The zero-order chi connectivity index (χ0) is 11.5.